The fraction of sp³-hybridized carbons (Fsp3) is 0.188. The average Bonchev–Trinajstić information content (AvgIpc) is 3.40. The Hall–Kier alpha value is -5.02. The number of carbonyl (C=O) groups excluding carboxylic acids is 1. The van der Waals surface area contributed by atoms with E-state index in [1.54, 1.807) is 18.3 Å². The first-order valence-electron chi connectivity index (χ1n) is 13.7. The Kier molecular flexibility index (Phi) is 7.42. The lowest BCUT2D eigenvalue weighted by Crippen LogP contribution is -2.44. The second-order valence-corrected chi connectivity index (χ2v) is 10.2. The monoisotopic (exact) mass is 544 g/mol. The van der Waals surface area contributed by atoms with Crippen LogP contribution >= 0.6 is 0 Å². The van der Waals surface area contributed by atoms with E-state index in [4.69, 9.17) is 4.98 Å². The summed E-state index contributed by atoms with van der Waals surface area (Å²) in [6.07, 6.45) is 3.58. The molecule has 1 fully saturated rings. The van der Waals surface area contributed by atoms with Crippen molar-refractivity contribution in [2.24, 2.45) is 7.05 Å². The van der Waals surface area contributed by atoms with E-state index in [-0.39, 0.29) is 5.91 Å². The van der Waals surface area contributed by atoms with Crippen molar-refractivity contribution >= 4 is 28.9 Å². The maximum atomic E-state index is 12.5. The van der Waals surface area contributed by atoms with Crippen LogP contribution in [-0.4, -0.2) is 63.8 Å². The number of benzene rings is 3. The molecule has 9 heteroatoms. The molecule has 3 aromatic carbocycles. The molecular weight excluding hydrogens is 512 g/mol. The first-order valence-corrected chi connectivity index (χ1v) is 13.7. The highest BCUT2D eigenvalue weighted by Gasteiger charge is 2.17. The molecule has 1 aliphatic rings. The SMILES string of the molecule is CN1CCN(c2cccc(Nc3nccc(-c4cnn(C)c4-c4ccc(NC(=O)c5ccccc5)cc4)n3)c2)CC1. The smallest absolute Gasteiger partial charge is 0.255 e. The fourth-order valence-electron chi connectivity index (χ4n) is 5.01. The number of aromatic nitrogens is 4. The predicted octanol–water partition coefficient (Wildman–Crippen LogP) is 5.29. The van der Waals surface area contributed by atoms with Crippen LogP contribution < -0.4 is 15.5 Å². The van der Waals surface area contributed by atoms with Crippen molar-refractivity contribution in [3.63, 3.8) is 0 Å². The third-order valence-electron chi connectivity index (χ3n) is 7.29. The second-order valence-electron chi connectivity index (χ2n) is 10.2. The molecular formula is C32H32N8O. The molecule has 0 spiro atoms. The van der Waals surface area contributed by atoms with Crippen LogP contribution in [0.15, 0.2) is 97.3 Å². The van der Waals surface area contributed by atoms with Gasteiger partial charge in [-0.2, -0.15) is 5.10 Å². The van der Waals surface area contributed by atoms with Gasteiger partial charge in [0.05, 0.1) is 17.6 Å². The second kappa shape index (κ2) is 11.6. The zero-order chi connectivity index (χ0) is 28.2. The standard InChI is InChI=1S/C32H32N8O/c1-38-17-19-40(20-18-38)27-10-6-9-26(21-27)36-32-33-16-15-29(37-32)28-22-34-39(2)30(28)23-11-13-25(14-12-23)35-31(41)24-7-4-3-5-8-24/h3-16,21-22H,17-20H2,1-2H3,(H,35,41)(H,33,36,37). The van der Waals surface area contributed by atoms with Crippen molar-refractivity contribution in [1.29, 1.82) is 0 Å². The summed E-state index contributed by atoms with van der Waals surface area (Å²) in [7, 11) is 4.07. The number of carbonyl (C=O) groups is 1. The molecule has 0 aliphatic carbocycles. The number of rotatable bonds is 7. The van der Waals surface area contributed by atoms with E-state index in [1.807, 2.05) is 72.5 Å². The maximum Gasteiger partial charge on any atom is 0.255 e. The third kappa shape index (κ3) is 5.95. The lowest BCUT2D eigenvalue weighted by molar-refractivity contribution is 0.102. The van der Waals surface area contributed by atoms with Crippen LogP contribution in [0.2, 0.25) is 0 Å². The zero-order valence-corrected chi connectivity index (χ0v) is 23.2. The van der Waals surface area contributed by atoms with Gasteiger partial charge >= 0.3 is 0 Å². The van der Waals surface area contributed by atoms with Gasteiger partial charge in [-0.3, -0.25) is 9.48 Å². The van der Waals surface area contributed by atoms with E-state index in [0.717, 1.165) is 60.1 Å². The van der Waals surface area contributed by atoms with Crippen molar-refractivity contribution in [3.05, 3.63) is 103 Å². The molecule has 0 atom stereocenters. The largest absolute Gasteiger partial charge is 0.369 e. The molecule has 0 radical (unpaired) electrons. The molecule has 2 aromatic heterocycles. The summed E-state index contributed by atoms with van der Waals surface area (Å²) >= 11 is 0. The first kappa shape index (κ1) is 26.2. The minimum Gasteiger partial charge on any atom is -0.369 e. The maximum absolute atomic E-state index is 12.5. The molecule has 41 heavy (non-hydrogen) atoms. The van der Waals surface area contributed by atoms with E-state index in [2.05, 4.69) is 55.8 Å². The molecule has 0 unspecified atom stereocenters. The van der Waals surface area contributed by atoms with Gasteiger partial charge in [0.15, 0.2) is 0 Å². The summed E-state index contributed by atoms with van der Waals surface area (Å²) in [5.74, 6) is 0.376. The topological polar surface area (TPSA) is 91.2 Å². The summed E-state index contributed by atoms with van der Waals surface area (Å²) in [6, 6.07) is 27.2. The van der Waals surface area contributed by atoms with E-state index >= 15 is 0 Å². The third-order valence-corrected chi connectivity index (χ3v) is 7.29. The van der Waals surface area contributed by atoms with Crippen LogP contribution in [0.5, 0.6) is 0 Å². The number of amides is 1. The fourth-order valence-corrected chi connectivity index (χ4v) is 5.01. The van der Waals surface area contributed by atoms with Crippen LogP contribution in [0.3, 0.4) is 0 Å². The number of nitrogens with zero attached hydrogens (tertiary/aromatic N) is 6. The summed E-state index contributed by atoms with van der Waals surface area (Å²) < 4.78 is 1.83. The van der Waals surface area contributed by atoms with Crippen molar-refractivity contribution in [2.45, 2.75) is 0 Å². The van der Waals surface area contributed by atoms with Crippen LogP contribution in [0, 0.1) is 0 Å². The highest BCUT2D eigenvalue weighted by molar-refractivity contribution is 6.04. The molecule has 1 aliphatic heterocycles. The Morgan fingerprint density at radius 2 is 1.61 bits per heavy atom. The molecule has 1 saturated heterocycles. The summed E-state index contributed by atoms with van der Waals surface area (Å²) in [4.78, 5) is 26.6. The summed E-state index contributed by atoms with van der Waals surface area (Å²) in [6.45, 7) is 4.13. The summed E-state index contributed by atoms with van der Waals surface area (Å²) in [5, 5.41) is 10.9. The Bertz CT molecular complexity index is 1640. The normalized spacial score (nSPS) is 13.7. The van der Waals surface area contributed by atoms with Crippen molar-refractivity contribution in [1.82, 2.24) is 24.6 Å². The van der Waals surface area contributed by atoms with E-state index in [9.17, 15) is 4.79 Å². The van der Waals surface area contributed by atoms with E-state index in [0.29, 0.717) is 11.5 Å². The molecule has 3 heterocycles. The van der Waals surface area contributed by atoms with Gasteiger partial charge in [-0.05, 0) is 55.6 Å². The number of nitrogens with one attached hydrogen (secondary N) is 2. The highest BCUT2D eigenvalue weighted by atomic mass is 16.1. The van der Waals surface area contributed by atoms with Gasteiger partial charge in [0.2, 0.25) is 5.95 Å². The first-order chi connectivity index (χ1) is 20.0. The van der Waals surface area contributed by atoms with Crippen molar-refractivity contribution < 1.29 is 4.79 Å². The molecule has 0 bridgehead atoms. The van der Waals surface area contributed by atoms with Gasteiger partial charge in [-0.15, -0.1) is 0 Å². The Morgan fingerprint density at radius 1 is 0.829 bits per heavy atom. The Balaban J connectivity index is 1.20. The molecule has 2 N–H and O–H groups in total. The Labute approximate surface area is 239 Å². The predicted molar refractivity (Wildman–Crippen MR) is 163 cm³/mol. The Morgan fingerprint density at radius 3 is 2.39 bits per heavy atom. The van der Waals surface area contributed by atoms with Crippen molar-refractivity contribution in [3.8, 4) is 22.5 Å². The average molecular weight is 545 g/mol. The molecule has 0 saturated carbocycles. The summed E-state index contributed by atoms with van der Waals surface area (Å²) in [5.41, 5.74) is 7.02. The van der Waals surface area contributed by atoms with Crippen LogP contribution in [0.25, 0.3) is 22.5 Å². The molecule has 206 valence electrons. The van der Waals surface area contributed by atoms with Gasteiger partial charge in [-0.25, -0.2) is 9.97 Å². The number of hydrogen-bond donors (Lipinski definition) is 2. The number of piperazine rings is 1. The lowest BCUT2D eigenvalue weighted by atomic mass is 10.0. The molecule has 5 aromatic rings. The van der Waals surface area contributed by atoms with Crippen LogP contribution in [-0.2, 0) is 7.05 Å². The van der Waals surface area contributed by atoms with Gasteiger partial charge < -0.3 is 20.4 Å². The number of likely N-dealkylation sites (N-methyl/N-ethyl adjacent to an activating group) is 1. The zero-order valence-electron chi connectivity index (χ0n) is 23.2. The van der Waals surface area contributed by atoms with Gasteiger partial charge in [0.1, 0.15) is 0 Å². The van der Waals surface area contributed by atoms with Crippen LogP contribution in [0.1, 0.15) is 10.4 Å². The van der Waals surface area contributed by atoms with Crippen molar-refractivity contribution in [2.75, 3.05) is 48.8 Å². The van der Waals surface area contributed by atoms with Crippen LogP contribution in [0.4, 0.5) is 23.0 Å². The van der Waals surface area contributed by atoms with Gasteiger partial charge in [0.25, 0.3) is 5.91 Å². The number of hydrogen-bond acceptors (Lipinski definition) is 7. The molecule has 6 rings (SSSR count). The lowest BCUT2D eigenvalue weighted by Gasteiger charge is -2.34. The minimum atomic E-state index is -0.144. The van der Waals surface area contributed by atoms with Gasteiger partial charge in [-0.1, -0.05) is 36.4 Å². The van der Waals surface area contributed by atoms with E-state index < -0.39 is 0 Å². The highest BCUT2D eigenvalue weighted by Crippen LogP contribution is 2.32. The molecule has 1 amide bonds. The minimum absolute atomic E-state index is 0.144. The van der Waals surface area contributed by atoms with E-state index in [1.165, 1.54) is 5.69 Å². The quantitative estimate of drug-likeness (QED) is 0.288. The molecule has 9 nitrogen and oxygen atoms in total. The van der Waals surface area contributed by atoms with Gasteiger partial charge in [0, 0.05) is 73.2 Å². The number of aryl methyl sites for hydroxylation is 1. The number of anilines is 4.